The number of hydrogen-bond donors (Lipinski definition) is 4. The third kappa shape index (κ3) is 13.9. The Balaban J connectivity index is 1.27. The van der Waals surface area contributed by atoms with Crippen LogP contribution in [-0.4, -0.2) is 107 Å². The first-order valence-corrected chi connectivity index (χ1v) is 22.8. The fourth-order valence-corrected chi connectivity index (χ4v) is 8.51. The van der Waals surface area contributed by atoms with Crippen LogP contribution >= 0.6 is 0 Å². The highest BCUT2D eigenvalue weighted by Crippen LogP contribution is 2.44. The zero-order valence-electron chi connectivity index (χ0n) is 39.2. The summed E-state index contributed by atoms with van der Waals surface area (Å²) in [5.41, 5.74) is 5.68. The van der Waals surface area contributed by atoms with Crippen LogP contribution in [0.2, 0.25) is 0 Å². The van der Waals surface area contributed by atoms with E-state index in [9.17, 15) is 29.4 Å². The van der Waals surface area contributed by atoms with Gasteiger partial charge in [-0.1, -0.05) is 153 Å². The van der Waals surface area contributed by atoms with Crippen LogP contribution in [0.5, 0.6) is 0 Å². The summed E-state index contributed by atoms with van der Waals surface area (Å²) in [6.07, 6.45) is -4.74. The second-order valence-electron chi connectivity index (χ2n) is 18.4. The van der Waals surface area contributed by atoms with Crippen LogP contribution in [-0.2, 0) is 38.5 Å². The second kappa shape index (κ2) is 23.2. The lowest BCUT2D eigenvalue weighted by atomic mass is 9.97. The molecule has 1 aliphatic carbocycles. The molecule has 354 valence electrons. The molecular weight excluding hydrogens is 849 g/mol. The molecule has 0 heterocycles. The van der Waals surface area contributed by atoms with E-state index < -0.39 is 66.7 Å². The number of aliphatic hydroxyl groups excluding tert-OH is 2. The number of aliphatic hydroxyl groups is 2. The quantitative estimate of drug-likeness (QED) is 0.0599. The summed E-state index contributed by atoms with van der Waals surface area (Å²) < 4.78 is 17.3. The predicted octanol–water partition coefficient (Wildman–Crippen LogP) is 8.12. The number of hydrogen-bond acceptors (Lipinski definition) is 9. The van der Waals surface area contributed by atoms with Gasteiger partial charge < -0.3 is 40.0 Å². The van der Waals surface area contributed by atoms with E-state index in [0.29, 0.717) is 0 Å². The smallest absolute Gasteiger partial charge is 0.410 e. The molecule has 0 aromatic heterocycles. The molecule has 1 unspecified atom stereocenters. The molecule has 5 atom stereocenters. The second-order valence-corrected chi connectivity index (χ2v) is 18.4. The van der Waals surface area contributed by atoms with Crippen molar-refractivity contribution in [3.63, 3.8) is 0 Å². The molecule has 0 spiro atoms. The van der Waals surface area contributed by atoms with Gasteiger partial charge in [-0.15, -0.1) is 0 Å². The van der Waals surface area contributed by atoms with Crippen molar-refractivity contribution in [2.75, 3.05) is 26.7 Å². The molecule has 6 rings (SSSR count). The van der Waals surface area contributed by atoms with Crippen LogP contribution in [0.1, 0.15) is 68.4 Å². The van der Waals surface area contributed by atoms with E-state index in [1.54, 1.807) is 20.8 Å². The molecule has 1 aliphatic rings. The van der Waals surface area contributed by atoms with Crippen molar-refractivity contribution in [2.24, 2.45) is 5.92 Å². The highest BCUT2D eigenvalue weighted by Gasteiger charge is 2.37. The molecule has 0 radical (unpaired) electrons. The highest BCUT2D eigenvalue weighted by molar-refractivity contribution is 5.86. The number of alkyl carbamates (subject to hydrolysis) is 1. The van der Waals surface area contributed by atoms with Gasteiger partial charge in [0.15, 0.2) is 0 Å². The molecule has 13 nitrogen and oxygen atoms in total. The monoisotopic (exact) mass is 912 g/mol. The molecule has 0 fully saturated rings. The lowest BCUT2D eigenvalue weighted by molar-refractivity contribution is -0.128. The highest BCUT2D eigenvalue weighted by atomic mass is 16.6. The molecular formula is C54H64N4O9. The van der Waals surface area contributed by atoms with E-state index in [-0.39, 0.29) is 44.4 Å². The van der Waals surface area contributed by atoms with Crippen molar-refractivity contribution in [3.05, 3.63) is 167 Å². The zero-order valence-corrected chi connectivity index (χ0v) is 39.2. The molecule has 13 heteroatoms. The van der Waals surface area contributed by atoms with E-state index in [2.05, 4.69) is 10.6 Å². The van der Waals surface area contributed by atoms with Gasteiger partial charge in [0.25, 0.3) is 0 Å². The number of fused-ring (bicyclic) bond motifs is 3. The molecule has 5 aromatic rings. The molecule has 0 bridgehead atoms. The first-order chi connectivity index (χ1) is 32.1. The van der Waals surface area contributed by atoms with Crippen molar-refractivity contribution in [2.45, 2.75) is 95.9 Å². The van der Waals surface area contributed by atoms with Gasteiger partial charge in [-0.2, -0.15) is 0 Å². The van der Waals surface area contributed by atoms with Gasteiger partial charge in [0.05, 0.1) is 37.4 Å². The van der Waals surface area contributed by atoms with Gasteiger partial charge in [-0.25, -0.2) is 14.4 Å². The first kappa shape index (κ1) is 49.7. The summed E-state index contributed by atoms with van der Waals surface area (Å²) in [5.74, 6) is -1.18. The van der Waals surface area contributed by atoms with Crippen molar-refractivity contribution in [1.29, 1.82) is 0 Å². The van der Waals surface area contributed by atoms with Crippen LogP contribution in [0.15, 0.2) is 140 Å². The zero-order chi connectivity index (χ0) is 48.1. The molecule has 67 heavy (non-hydrogen) atoms. The minimum atomic E-state index is -1.42. The Morgan fingerprint density at radius 1 is 0.612 bits per heavy atom. The molecule has 0 saturated carbocycles. The van der Waals surface area contributed by atoms with Gasteiger partial charge in [0.2, 0.25) is 5.91 Å². The first-order valence-electron chi connectivity index (χ1n) is 22.8. The number of nitrogens with one attached hydrogen (secondary N) is 2. The van der Waals surface area contributed by atoms with Crippen LogP contribution < -0.4 is 10.6 Å². The van der Waals surface area contributed by atoms with Crippen molar-refractivity contribution in [1.82, 2.24) is 20.4 Å². The maximum atomic E-state index is 14.5. The fraction of sp³-hybridized carbons (Fsp3) is 0.370. The Morgan fingerprint density at radius 3 is 1.54 bits per heavy atom. The summed E-state index contributed by atoms with van der Waals surface area (Å²) in [5, 5.41) is 30.1. The lowest BCUT2D eigenvalue weighted by Gasteiger charge is -2.35. The number of carbonyl (C=O) groups is 4. The fourth-order valence-electron chi connectivity index (χ4n) is 8.51. The van der Waals surface area contributed by atoms with Gasteiger partial charge in [0.1, 0.15) is 24.9 Å². The van der Waals surface area contributed by atoms with Crippen LogP contribution in [0.25, 0.3) is 11.1 Å². The average Bonchev–Trinajstić information content (AvgIpc) is 3.62. The number of carbonyl (C=O) groups excluding carboxylic acids is 4. The Morgan fingerprint density at radius 2 is 1.06 bits per heavy atom. The van der Waals surface area contributed by atoms with Gasteiger partial charge >= 0.3 is 18.3 Å². The standard InChI is InChI=1S/C54H64N4O9/c1-36(2)49(57(6)52(63)65-34-39-24-14-9-15-25-39)50(61)55-45(30-37-20-10-7-11-21-37)47(59)32-58(33-48(60)46(31-38-22-12-8-13-23-38)56-51(62)67-54(3,4)5)53(64)66-35-44-42-28-18-16-26-40(42)41-27-17-19-29-43(41)44/h7-29,36,44-49,59-60H,30-35H2,1-6H3,(H,55,61)(H,56,62)/t45-,46-,47?,48+,49+/m1/s1. The van der Waals surface area contributed by atoms with E-state index >= 15 is 0 Å². The van der Waals surface area contributed by atoms with E-state index in [4.69, 9.17) is 14.2 Å². The molecule has 0 saturated heterocycles. The minimum Gasteiger partial charge on any atom is -0.448 e. The molecule has 5 aromatic carbocycles. The molecule has 0 aliphatic heterocycles. The summed E-state index contributed by atoms with van der Waals surface area (Å²) in [6, 6.07) is 40.8. The van der Waals surface area contributed by atoms with Gasteiger partial charge in [-0.3, -0.25) is 9.69 Å². The Hall–Kier alpha value is -6.70. The van der Waals surface area contributed by atoms with E-state index in [1.807, 2.05) is 153 Å². The maximum Gasteiger partial charge on any atom is 0.410 e. The van der Waals surface area contributed by atoms with Crippen LogP contribution in [0.4, 0.5) is 14.4 Å². The number of amides is 4. The lowest BCUT2D eigenvalue weighted by Crippen LogP contribution is -2.58. The third-order valence-electron chi connectivity index (χ3n) is 11.8. The van der Waals surface area contributed by atoms with Crippen LogP contribution in [0.3, 0.4) is 0 Å². The van der Waals surface area contributed by atoms with E-state index in [0.717, 1.165) is 38.9 Å². The summed E-state index contributed by atoms with van der Waals surface area (Å²) in [4.78, 5) is 57.9. The van der Waals surface area contributed by atoms with Crippen molar-refractivity contribution >= 4 is 24.2 Å². The van der Waals surface area contributed by atoms with Gasteiger partial charge in [0, 0.05) is 13.0 Å². The minimum absolute atomic E-state index is 0.0167. The van der Waals surface area contributed by atoms with Crippen molar-refractivity contribution < 1.29 is 43.6 Å². The summed E-state index contributed by atoms with van der Waals surface area (Å²) in [6.45, 7) is 8.04. The van der Waals surface area contributed by atoms with Crippen molar-refractivity contribution in [3.8, 4) is 11.1 Å². The third-order valence-corrected chi connectivity index (χ3v) is 11.8. The largest absolute Gasteiger partial charge is 0.448 e. The Kier molecular flexibility index (Phi) is 17.2. The number of rotatable bonds is 19. The van der Waals surface area contributed by atoms with Gasteiger partial charge in [-0.05, 0) is 78.5 Å². The Bertz CT molecular complexity index is 2350. The van der Waals surface area contributed by atoms with E-state index in [1.165, 1.54) is 16.8 Å². The summed E-state index contributed by atoms with van der Waals surface area (Å²) >= 11 is 0. The van der Waals surface area contributed by atoms with Crippen LogP contribution in [0, 0.1) is 5.92 Å². The Labute approximate surface area is 394 Å². The SMILES string of the molecule is CC(C)[C@@H](C(=O)N[C@H](Cc1ccccc1)C(O)CN(C[C@H](O)[C@@H](Cc1ccccc1)NC(=O)OC(C)(C)C)C(=O)OCC1c2ccccc2-c2ccccc21)N(C)C(=O)OCc1ccccc1. The maximum absolute atomic E-state index is 14.5. The molecule has 4 N–H and O–H groups in total. The predicted molar refractivity (Wildman–Crippen MR) is 257 cm³/mol. The molecule has 4 amide bonds. The normalized spacial score (nSPS) is 14.3. The number of likely N-dealkylation sites (N-methyl/N-ethyl adjacent to an activating group) is 1. The number of nitrogens with zero attached hydrogens (tertiary/aromatic N) is 2. The average molecular weight is 913 g/mol. The summed E-state index contributed by atoms with van der Waals surface area (Å²) in [7, 11) is 1.50. The topological polar surface area (TPSA) is 167 Å². The number of ether oxygens (including phenoxy) is 3. The number of benzene rings is 5.